The van der Waals surface area contributed by atoms with E-state index in [0.29, 0.717) is 24.4 Å². The molecule has 1 heterocycles. The number of piperidine rings is 1. The fraction of sp³-hybridized carbons (Fsp3) is 0.467. The zero-order valence-corrected chi connectivity index (χ0v) is 11.4. The molecule has 0 aliphatic carbocycles. The summed E-state index contributed by atoms with van der Waals surface area (Å²) in [4.78, 5) is 1.44. The van der Waals surface area contributed by atoms with Crippen molar-refractivity contribution in [2.75, 3.05) is 20.2 Å². The number of methoxy groups -OCH3 is 1. The minimum atomic E-state index is -4.32. The Bertz CT molecular complexity index is 459. The van der Waals surface area contributed by atoms with E-state index in [4.69, 9.17) is 4.74 Å². The van der Waals surface area contributed by atoms with Crippen LogP contribution in [-0.2, 0) is 0 Å². The van der Waals surface area contributed by atoms with Crippen molar-refractivity contribution in [3.63, 3.8) is 0 Å². The maximum absolute atomic E-state index is 13.2. The van der Waals surface area contributed by atoms with Crippen molar-refractivity contribution in [2.45, 2.75) is 25.4 Å². The molecule has 0 N–H and O–H groups in total. The first-order valence-corrected chi connectivity index (χ1v) is 6.68. The van der Waals surface area contributed by atoms with Crippen LogP contribution in [0.2, 0.25) is 0 Å². The standard InChI is InChI=1S/C15H18F3NO/c1-20-13-7-5-12(6-8-13)11-14(15(16,17)18)19-9-3-2-4-10-19/h5-8,11H,2-4,9-10H2,1H3/b14-11+. The average molecular weight is 285 g/mol. The maximum Gasteiger partial charge on any atom is 0.431 e. The van der Waals surface area contributed by atoms with E-state index in [-0.39, 0.29) is 0 Å². The highest BCUT2D eigenvalue weighted by Gasteiger charge is 2.37. The number of allylic oxidation sites excluding steroid dienone is 1. The molecule has 110 valence electrons. The normalized spacial score (nSPS) is 17.2. The predicted octanol–water partition coefficient (Wildman–Crippen LogP) is 4.08. The van der Waals surface area contributed by atoms with E-state index in [2.05, 4.69) is 0 Å². The molecule has 1 fully saturated rings. The van der Waals surface area contributed by atoms with Gasteiger partial charge < -0.3 is 9.64 Å². The summed E-state index contributed by atoms with van der Waals surface area (Å²) < 4.78 is 44.6. The van der Waals surface area contributed by atoms with Crippen LogP contribution in [0.3, 0.4) is 0 Å². The largest absolute Gasteiger partial charge is 0.497 e. The lowest BCUT2D eigenvalue weighted by Gasteiger charge is -2.32. The molecule has 1 aliphatic rings. The molecule has 0 amide bonds. The van der Waals surface area contributed by atoms with E-state index in [1.165, 1.54) is 18.1 Å². The second-order valence-corrected chi connectivity index (χ2v) is 4.85. The van der Waals surface area contributed by atoms with E-state index in [1.807, 2.05) is 0 Å². The van der Waals surface area contributed by atoms with Crippen LogP contribution in [0.1, 0.15) is 24.8 Å². The molecule has 2 nitrogen and oxygen atoms in total. The molecule has 0 radical (unpaired) electrons. The number of hydrogen-bond acceptors (Lipinski definition) is 2. The van der Waals surface area contributed by atoms with Gasteiger partial charge in [0.2, 0.25) is 0 Å². The molecule has 1 saturated heterocycles. The number of ether oxygens (including phenoxy) is 1. The molecule has 0 spiro atoms. The van der Waals surface area contributed by atoms with Crippen LogP contribution in [0.5, 0.6) is 5.75 Å². The smallest absolute Gasteiger partial charge is 0.431 e. The summed E-state index contributed by atoms with van der Waals surface area (Å²) in [7, 11) is 1.53. The molecule has 1 aromatic rings. The van der Waals surface area contributed by atoms with Crippen LogP contribution in [-0.4, -0.2) is 31.3 Å². The van der Waals surface area contributed by atoms with E-state index >= 15 is 0 Å². The van der Waals surface area contributed by atoms with Gasteiger partial charge in [-0.2, -0.15) is 13.2 Å². The Morgan fingerprint density at radius 2 is 1.70 bits per heavy atom. The van der Waals surface area contributed by atoms with E-state index < -0.39 is 11.9 Å². The molecule has 0 atom stereocenters. The van der Waals surface area contributed by atoms with Gasteiger partial charge in [-0.05, 0) is 43.0 Å². The zero-order valence-electron chi connectivity index (χ0n) is 11.4. The maximum atomic E-state index is 13.2. The fourth-order valence-electron chi connectivity index (χ4n) is 2.35. The molecule has 0 unspecified atom stereocenters. The number of rotatable bonds is 3. The quantitative estimate of drug-likeness (QED) is 0.829. The molecule has 0 aromatic heterocycles. The Kier molecular flexibility index (Phi) is 4.57. The van der Waals surface area contributed by atoms with Gasteiger partial charge in [-0.15, -0.1) is 0 Å². The van der Waals surface area contributed by atoms with Gasteiger partial charge in [0.05, 0.1) is 7.11 Å². The number of likely N-dealkylation sites (tertiary alicyclic amines) is 1. The predicted molar refractivity (Wildman–Crippen MR) is 72.5 cm³/mol. The lowest BCUT2D eigenvalue weighted by atomic mass is 10.1. The number of nitrogens with zero attached hydrogens (tertiary/aromatic N) is 1. The molecule has 0 bridgehead atoms. The molecule has 2 rings (SSSR count). The van der Waals surface area contributed by atoms with E-state index in [0.717, 1.165) is 19.3 Å². The SMILES string of the molecule is COc1ccc(/C=C(/N2CCCCC2)C(F)(F)F)cc1. The Morgan fingerprint density at radius 3 is 2.20 bits per heavy atom. The summed E-state index contributed by atoms with van der Waals surface area (Å²) in [5.41, 5.74) is -0.0222. The van der Waals surface area contributed by atoms with Crippen molar-refractivity contribution < 1.29 is 17.9 Å². The van der Waals surface area contributed by atoms with Crippen molar-refractivity contribution in [2.24, 2.45) is 0 Å². The molecular weight excluding hydrogens is 267 g/mol. The van der Waals surface area contributed by atoms with E-state index in [9.17, 15) is 13.2 Å². The minimum absolute atomic E-state index is 0.474. The van der Waals surface area contributed by atoms with Crippen LogP contribution in [0.4, 0.5) is 13.2 Å². The monoisotopic (exact) mass is 285 g/mol. The number of halogens is 3. The van der Waals surface area contributed by atoms with Gasteiger partial charge in [-0.1, -0.05) is 12.1 Å². The van der Waals surface area contributed by atoms with Crippen molar-refractivity contribution in [3.8, 4) is 5.75 Å². The summed E-state index contributed by atoms with van der Waals surface area (Å²) in [6.45, 7) is 0.947. The molecule has 1 aromatic carbocycles. The van der Waals surface area contributed by atoms with Gasteiger partial charge in [0.1, 0.15) is 11.4 Å². The Labute approximate surface area is 116 Å². The van der Waals surface area contributed by atoms with Gasteiger partial charge in [0.15, 0.2) is 0 Å². The first-order valence-electron chi connectivity index (χ1n) is 6.68. The van der Waals surface area contributed by atoms with Gasteiger partial charge in [-0.3, -0.25) is 0 Å². The zero-order chi connectivity index (χ0) is 14.6. The highest BCUT2D eigenvalue weighted by Crippen LogP contribution is 2.32. The number of benzene rings is 1. The van der Waals surface area contributed by atoms with Gasteiger partial charge in [0.25, 0.3) is 0 Å². The lowest BCUT2D eigenvalue weighted by Crippen LogP contribution is -2.35. The highest BCUT2D eigenvalue weighted by molar-refractivity contribution is 5.54. The van der Waals surface area contributed by atoms with E-state index in [1.54, 1.807) is 24.3 Å². The minimum Gasteiger partial charge on any atom is -0.497 e. The van der Waals surface area contributed by atoms with Gasteiger partial charge in [0, 0.05) is 13.1 Å². The first kappa shape index (κ1) is 14.8. The van der Waals surface area contributed by atoms with Crippen molar-refractivity contribution in [1.82, 2.24) is 4.90 Å². The number of alkyl halides is 3. The molecule has 0 saturated carbocycles. The van der Waals surface area contributed by atoms with Crippen LogP contribution in [0.25, 0.3) is 6.08 Å². The van der Waals surface area contributed by atoms with Gasteiger partial charge >= 0.3 is 6.18 Å². The summed E-state index contributed by atoms with van der Waals surface area (Å²) >= 11 is 0. The molecule has 20 heavy (non-hydrogen) atoms. The van der Waals surface area contributed by atoms with Crippen molar-refractivity contribution >= 4 is 6.08 Å². The second kappa shape index (κ2) is 6.20. The topological polar surface area (TPSA) is 12.5 Å². The Morgan fingerprint density at radius 1 is 1.10 bits per heavy atom. The summed E-state index contributed by atoms with van der Waals surface area (Å²) in [6.07, 6.45) is -0.474. The molecule has 1 aliphatic heterocycles. The van der Waals surface area contributed by atoms with Gasteiger partial charge in [-0.25, -0.2) is 0 Å². The average Bonchev–Trinajstić information content (AvgIpc) is 2.45. The summed E-state index contributed by atoms with van der Waals surface area (Å²) in [6, 6.07) is 6.59. The summed E-state index contributed by atoms with van der Waals surface area (Å²) in [5.74, 6) is 0.633. The summed E-state index contributed by atoms with van der Waals surface area (Å²) in [5, 5.41) is 0. The van der Waals surface area contributed by atoms with Crippen molar-refractivity contribution in [3.05, 3.63) is 35.5 Å². The highest BCUT2D eigenvalue weighted by atomic mass is 19.4. The van der Waals surface area contributed by atoms with Crippen molar-refractivity contribution in [1.29, 1.82) is 0 Å². The van der Waals surface area contributed by atoms with Crippen LogP contribution < -0.4 is 4.74 Å². The Hall–Kier alpha value is -1.65. The third-order valence-corrected chi connectivity index (χ3v) is 3.41. The molecule has 5 heteroatoms. The molecular formula is C15H18F3NO. The lowest BCUT2D eigenvalue weighted by molar-refractivity contribution is -0.111. The third kappa shape index (κ3) is 3.68. The first-order chi connectivity index (χ1) is 9.50. The number of hydrogen-bond donors (Lipinski definition) is 0. The third-order valence-electron chi connectivity index (χ3n) is 3.41. The van der Waals surface area contributed by atoms with Crippen LogP contribution >= 0.6 is 0 Å². The second-order valence-electron chi connectivity index (χ2n) is 4.85. The van der Waals surface area contributed by atoms with Crippen LogP contribution in [0, 0.1) is 0 Å². The fourth-order valence-corrected chi connectivity index (χ4v) is 2.35. The Balaban J connectivity index is 2.26. The van der Waals surface area contributed by atoms with Crippen LogP contribution in [0.15, 0.2) is 30.0 Å².